The quantitative estimate of drug-likeness (QED) is 0.667. The first-order valence-corrected chi connectivity index (χ1v) is 8.70. The highest BCUT2D eigenvalue weighted by Crippen LogP contribution is 2.36. The Morgan fingerprint density at radius 2 is 1.89 bits per heavy atom. The predicted molar refractivity (Wildman–Crippen MR) is 105 cm³/mol. The van der Waals surface area contributed by atoms with E-state index < -0.39 is 5.91 Å². The highest BCUT2D eigenvalue weighted by atomic mass is 16.5. The number of rotatable bonds is 7. The van der Waals surface area contributed by atoms with Crippen molar-refractivity contribution in [2.24, 2.45) is 5.73 Å². The fourth-order valence-corrected chi connectivity index (χ4v) is 3.01. The van der Waals surface area contributed by atoms with Crippen LogP contribution >= 0.6 is 0 Å². The molecule has 0 spiro atoms. The van der Waals surface area contributed by atoms with Crippen molar-refractivity contribution in [3.63, 3.8) is 0 Å². The van der Waals surface area contributed by atoms with Gasteiger partial charge in [0.25, 0.3) is 0 Å². The SMILES string of the molecule is COc1cc2c(cc1NC(=O)CN(CC(N)=O)C(C)C)oc1ccccc12. The molecule has 3 aromatic rings. The molecule has 0 atom stereocenters. The predicted octanol–water partition coefficient (Wildman–Crippen LogP) is 2.73. The number of carbonyl (C=O) groups excluding carboxylic acids is 2. The molecule has 3 rings (SSSR count). The van der Waals surface area contributed by atoms with Gasteiger partial charge in [-0.1, -0.05) is 18.2 Å². The number of primary amides is 1. The molecule has 0 saturated carbocycles. The summed E-state index contributed by atoms with van der Waals surface area (Å²) in [7, 11) is 1.55. The molecule has 0 radical (unpaired) electrons. The summed E-state index contributed by atoms with van der Waals surface area (Å²) in [5, 5.41) is 4.74. The van der Waals surface area contributed by atoms with Crippen LogP contribution < -0.4 is 15.8 Å². The monoisotopic (exact) mass is 369 g/mol. The van der Waals surface area contributed by atoms with Crippen molar-refractivity contribution in [2.75, 3.05) is 25.5 Å². The summed E-state index contributed by atoms with van der Waals surface area (Å²) in [6, 6.07) is 11.3. The molecule has 1 aromatic heterocycles. The highest BCUT2D eigenvalue weighted by molar-refractivity contribution is 6.07. The molecule has 2 aromatic carbocycles. The zero-order chi connectivity index (χ0) is 19.6. The van der Waals surface area contributed by atoms with Crippen molar-refractivity contribution < 1.29 is 18.7 Å². The third-order valence-corrected chi connectivity index (χ3v) is 4.41. The Labute approximate surface area is 157 Å². The molecule has 0 bridgehead atoms. The number of nitrogens with one attached hydrogen (secondary N) is 1. The van der Waals surface area contributed by atoms with Gasteiger partial charge in [-0.05, 0) is 26.0 Å². The Kier molecular flexibility index (Phi) is 5.32. The van der Waals surface area contributed by atoms with E-state index in [2.05, 4.69) is 5.32 Å². The van der Waals surface area contributed by atoms with Gasteiger partial charge in [0.05, 0.1) is 25.9 Å². The summed E-state index contributed by atoms with van der Waals surface area (Å²) in [6.45, 7) is 3.86. The molecule has 0 unspecified atom stereocenters. The van der Waals surface area contributed by atoms with Crippen LogP contribution in [0.1, 0.15) is 13.8 Å². The van der Waals surface area contributed by atoms with Crippen LogP contribution in [-0.2, 0) is 9.59 Å². The average Bonchev–Trinajstić information content (AvgIpc) is 2.97. The standard InChI is InChI=1S/C20H23N3O4/c1-12(2)23(10-19(21)24)11-20(25)22-15-9-17-14(8-18(15)26-3)13-6-4-5-7-16(13)27-17/h4-9,12H,10-11H2,1-3H3,(H2,21,24)(H,22,25). The van der Waals surface area contributed by atoms with E-state index in [9.17, 15) is 9.59 Å². The van der Waals surface area contributed by atoms with Crippen LogP contribution in [0.2, 0.25) is 0 Å². The van der Waals surface area contributed by atoms with Gasteiger partial charge in [-0.2, -0.15) is 0 Å². The number of nitrogens with two attached hydrogens (primary N) is 1. The summed E-state index contributed by atoms with van der Waals surface area (Å²) in [4.78, 5) is 25.4. The number of amides is 2. The van der Waals surface area contributed by atoms with Gasteiger partial charge >= 0.3 is 0 Å². The Morgan fingerprint density at radius 3 is 2.56 bits per heavy atom. The van der Waals surface area contributed by atoms with Gasteiger partial charge in [0.1, 0.15) is 16.9 Å². The second-order valence-electron chi connectivity index (χ2n) is 6.66. The maximum Gasteiger partial charge on any atom is 0.238 e. The Morgan fingerprint density at radius 1 is 1.15 bits per heavy atom. The van der Waals surface area contributed by atoms with Crippen LogP contribution in [0.25, 0.3) is 21.9 Å². The normalized spacial score (nSPS) is 11.4. The van der Waals surface area contributed by atoms with Crippen LogP contribution in [0.4, 0.5) is 5.69 Å². The number of benzene rings is 2. The third kappa shape index (κ3) is 4.03. The van der Waals surface area contributed by atoms with Crippen molar-refractivity contribution in [1.29, 1.82) is 0 Å². The summed E-state index contributed by atoms with van der Waals surface area (Å²) in [5.41, 5.74) is 7.20. The second kappa shape index (κ2) is 7.67. The van der Waals surface area contributed by atoms with Crippen molar-refractivity contribution in [1.82, 2.24) is 4.90 Å². The summed E-state index contributed by atoms with van der Waals surface area (Å²) in [6.07, 6.45) is 0. The molecule has 27 heavy (non-hydrogen) atoms. The first-order chi connectivity index (χ1) is 12.9. The van der Waals surface area contributed by atoms with E-state index >= 15 is 0 Å². The zero-order valence-corrected chi connectivity index (χ0v) is 15.6. The van der Waals surface area contributed by atoms with Crippen LogP contribution in [0.3, 0.4) is 0 Å². The number of hydrogen-bond donors (Lipinski definition) is 2. The topological polar surface area (TPSA) is 97.8 Å². The van der Waals surface area contributed by atoms with E-state index in [0.29, 0.717) is 17.0 Å². The first-order valence-electron chi connectivity index (χ1n) is 8.70. The lowest BCUT2D eigenvalue weighted by Crippen LogP contribution is -2.43. The van der Waals surface area contributed by atoms with E-state index in [1.54, 1.807) is 18.1 Å². The fourth-order valence-electron chi connectivity index (χ4n) is 3.01. The largest absolute Gasteiger partial charge is 0.495 e. The summed E-state index contributed by atoms with van der Waals surface area (Å²) >= 11 is 0. The van der Waals surface area contributed by atoms with E-state index in [1.807, 2.05) is 44.2 Å². The number of ether oxygens (including phenoxy) is 1. The second-order valence-corrected chi connectivity index (χ2v) is 6.66. The maximum atomic E-state index is 12.5. The van der Waals surface area contributed by atoms with Crippen LogP contribution in [0.15, 0.2) is 40.8 Å². The number of fused-ring (bicyclic) bond motifs is 3. The number of furan rings is 1. The number of nitrogens with zero attached hydrogens (tertiary/aromatic N) is 1. The minimum atomic E-state index is -0.474. The summed E-state index contributed by atoms with van der Waals surface area (Å²) in [5.74, 6) is -0.204. The zero-order valence-electron chi connectivity index (χ0n) is 15.6. The van der Waals surface area contributed by atoms with E-state index in [0.717, 1.165) is 16.4 Å². The van der Waals surface area contributed by atoms with Crippen LogP contribution in [-0.4, -0.2) is 43.0 Å². The molecule has 0 saturated heterocycles. The lowest BCUT2D eigenvalue weighted by molar-refractivity contribution is -0.121. The Hall–Kier alpha value is -3.06. The molecule has 2 amide bonds. The van der Waals surface area contributed by atoms with Gasteiger partial charge in [0.2, 0.25) is 11.8 Å². The molecule has 7 heteroatoms. The lowest BCUT2D eigenvalue weighted by Gasteiger charge is -2.24. The van der Waals surface area contributed by atoms with Crippen LogP contribution in [0, 0.1) is 0 Å². The molecule has 7 nitrogen and oxygen atoms in total. The van der Waals surface area contributed by atoms with Gasteiger partial charge in [0.15, 0.2) is 0 Å². The molecule has 142 valence electrons. The number of methoxy groups -OCH3 is 1. The number of anilines is 1. The first kappa shape index (κ1) is 18.7. The molecular weight excluding hydrogens is 346 g/mol. The van der Waals surface area contributed by atoms with Gasteiger partial charge in [0, 0.05) is 22.9 Å². The third-order valence-electron chi connectivity index (χ3n) is 4.41. The van der Waals surface area contributed by atoms with Crippen molar-refractivity contribution in [3.8, 4) is 5.75 Å². The molecule has 0 aliphatic heterocycles. The van der Waals surface area contributed by atoms with Gasteiger partial charge in [-0.25, -0.2) is 0 Å². The van der Waals surface area contributed by atoms with Gasteiger partial charge in [-0.15, -0.1) is 0 Å². The minimum Gasteiger partial charge on any atom is -0.495 e. The van der Waals surface area contributed by atoms with Gasteiger partial charge < -0.3 is 20.2 Å². The van der Waals surface area contributed by atoms with E-state index in [-0.39, 0.29) is 25.0 Å². The maximum absolute atomic E-state index is 12.5. The van der Waals surface area contributed by atoms with Crippen molar-refractivity contribution in [3.05, 3.63) is 36.4 Å². The average molecular weight is 369 g/mol. The highest BCUT2D eigenvalue weighted by Gasteiger charge is 2.18. The molecule has 0 aliphatic rings. The Balaban J connectivity index is 1.88. The van der Waals surface area contributed by atoms with Crippen LogP contribution in [0.5, 0.6) is 5.75 Å². The summed E-state index contributed by atoms with van der Waals surface area (Å²) < 4.78 is 11.3. The number of hydrogen-bond acceptors (Lipinski definition) is 5. The Bertz CT molecular complexity index is 993. The minimum absolute atomic E-state index is 0.00278. The lowest BCUT2D eigenvalue weighted by atomic mass is 10.1. The number of carbonyl (C=O) groups is 2. The van der Waals surface area contributed by atoms with Crippen molar-refractivity contribution >= 4 is 39.4 Å². The van der Waals surface area contributed by atoms with Gasteiger partial charge in [-0.3, -0.25) is 14.5 Å². The fraction of sp³-hybridized carbons (Fsp3) is 0.300. The van der Waals surface area contributed by atoms with E-state index in [1.165, 1.54) is 0 Å². The molecule has 3 N–H and O–H groups in total. The van der Waals surface area contributed by atoms with Crippen molar-refractivity contribution in [2.45, 2.75) is 19.9 Å². The molecule has 0 fully saturated rings. The smallest absolute Gasteiger partial charge is 0.238 e. The molecule has 1 heterocycles. The van der Waals surface area contributed by atoms with E-state index in [4.69, 9.17) is 14.9 Å². The molecule has 0 aliphatic carbocycles. The number of para-hydroxylation sites is 1. The molecular formula is C20H23N3O4.